The predicted molar refractivity (Wildman–Crippen MR) is 90.9 cm³/mol. The summed E-state index contributed by atoms with van der Waals surface area (Å²) in [4.78, 5) is 11.8. The van der Waals surface area contributed by atoms with Crippen LogP contribution < -0.4 is 16.2 Å². The Morgan fingerprint density at radius 3 is 2.61 bits per heavy atom. The largest absolute Gasteiger partial charge is 0.361 e. The van der Waals surface area contributed by atoms with Gasteiger partial charge in [-0.1, -0.05) is 33.1 Å². The second kappa shape index (κ2) is 10.1. The molecule has 1 aromatic rings. The van der Waals surface area contributed by atoms with Crippen LogP contribution in [0.4, 0.5) is 8.78 Å². The summed E-state index contributed by atoms with van der Waals surface area (Å²) in [6, 6.07) is 2.93. The third-order valence-electron chi connectivity index (χ3n) is 3.38. The van der Waals surface area contributed by atoms with Crippen molar-refractivity contribution >= 4 is 23.2 Å². The number of hydrogen-bond donors (Lipinski definition) is 3. The van der Waals surface area contributed by atoms with E-state index in [0.717, 1.165) is 18.6 Å². The molecule has 0 aliphatic rings. The number of hydrazine groups is 1. The van der Waals surface area contributed by atoms with E-state index in [1.54, 1.807) is 0 Å². The molecular formula is C16H23F2N3OS. The SMILES string of the molecule is CCCCC[C@H](C)CNC(=S)NNC(=O)c1ccc(F)c(F)c1. The first-order chi connectivity index (χ1) is 10.9. The maximum atomic E-state index is 13.1. The fourth-order valence-electron chi connectivity index (χ4n) is 1.98. The third-order valence-corrected chi connectivity index (χ3v) is 3.63. The molecule has 4 nitrogen and oxygen atoms in total. The topological polar surface area (TPSA) is 53.2 Å². The van der Waals surface area contributed by atoms with E-state index in [-0.39, 0.29) is 10.7 Å². The lowest BCUT2D eigenvalue weighted by atomic mass is 10.0. The number of hydrogen-bond acceptors (Lipinski definition) is 2. The summed E-state index contributed by atoms with van der Waals surface area (Å²) in [5.74, 6) is -2.18. The number of rotatable bonds is 7. The van der Waals surface area contributed by atoms with E-state index in [1.807, 2.05) is 0 Å². The fourth-order valence-corrected chi connectivity index (χ4v) is 2.11. The van der Waals surface area contributed by atoms with E-state index in [9.17, 15) is 13.6 Å². The molecule has 23 heavy (non-hydrogen) atoms. The molecule has 1 amide bonds. The van der Waals surface area contributed by atoms with Crippen molar-refractivity contribution in [1.82, 2.24) is 16.2 Å². The lowest BCUT2D eigenvalue weighted by molar-refractivity contribution is 0.0943. The van der Waals surface area contributed by atoms with Crippen LogP contribution in [0.3, 0.4) is 0 Å². The lowest BCUT2D eigenvalue weighted by Crippen LogP contribution is -2.47. The van der Waals surface area contributed by atoms with Crippen molar-refractivity contribution in [3.05, 3.63) is 35.4 Å². The van der Waals surface area contributed by atoms with Crippen LogP contribution in [0.2, 0.25) is 0 Å². The molecule has 1 aromatic carbocycles. The molecule has 0 spiro atoms. The van der Waals surface area contributed by atoms with Crippen molar-refractivity contribution in [3.63, 3.8) is 0 Å². The van der Waals surface area contributed by atoms with E-state index in [1.165, 1.54) is 25.3 Å². The minimum atomic E-state index is -1.07. The summed E-state index contributed by atoms with van der Waals surface area (Å²) in [6.45, 7) is 5.00. The molecule has 0 heterocycles. The Morgan fingerprint density at radius 1 is 1.22 bits per heavy atom. The summed E-state index contributed by atoms with van der Waals surface area (Å²) in [5.41, 5.74) is 4.89. The maximum Gasteiger partial charge on any atom is 0.269 e. The molecule has 1 atom stereocenters. The predicted octanol–water partition coefficient (Wildman–Crippen LogP) is 3.29. The lowest BCUT2D eigenvalue weighted by Gasteiger charge is -2.15. The first-order valence-electron chi connectivity index (χ1n) is 7.73. The molecule has 7 heteroatoms. The minimum Gasteiger partial charge on any atom is -0.361 e. The summed E-state index contributed by atoms with van der Waals surface area (Å²) >= 11 is 5.05. The van der Waals surface area contributed by atoms with Crippen LogP contribution in [-0.2, 0) is 0 Å². The van der Waals surface area contributed by atoms with Gasteiger partial charge in [-0.15, -0.1) is 0 Å². The first-order valence-corrected chi connectivity index (χ1v) is 8.14. The average molecular weight is 343 g/mol. The number of unbranched alkanes of at least 4 members (excludes halogenated alkanes) is 2. The number of carbonyl (C=O) groups excluding carboxylic acids is 1. The minimum absolute atomic E-state index is 0.00661. The van der Waals surface area contributed by atoms with Gasteiger partial charge in [0.15, 0.2) is 16.7 Å². The number of thiocarbonyl (C=S) groups is 1. The van der Waals surface area contributed by atoms with Gasteiger partial charge in [0, 0.05) is 12.1 Å². The van der Waals surface area contributed by atoms with Gasteiger partial charge in [-0.3, -0.25) is 15.6 Å². The van der Waals surface area contributed by atoms with Gasteiger partial charge in [0.25, 0.3) is 5.91 Å². The Bertz CT molecular complexity index is 540. The Morgan fingerprint density at radius 2 is 1.96 bits per heavy atom. The molecule has 0 bridgehead atoms. The summed E-state index contributed by atoms with van der Waals surface area (Å²) in [6.07, 6.45) is 4.71. The second-order valence-electron chi connectivity index (χ2n) is 5.52. The summed E-state index contributed by atoms with van der Waals surface area (Å²) in [5, 5.41) is 3.29. The molecular weight excluding hydrogens is 320 g/mol. The van der Waals surface area contributed by atoms with E-state index in [0.29, 0.717) is 12.5 Å². The Hall–Kier alpha value is -1.76. The fraction of sp³-hybridized carbons (Fsp3) is 0.500. The van der Waals surface area contributed by atoms with Gasteiger partial charge in [0.1, 0.15) is 0 Å². The maximum absolute atomic E-state index is 13.1. The van der Waals surface area contributed by atoms with E-state index >= 15 is 0 Å². The van der Waals surface area contributed by atoms with Gasteiger partial charge in [-0.25, -0.2) is 8.78 Å². The molecule has 0 saturated heterocycles. The molecule has 3 N–H and O–H groups in total. The Balaban J connectivity index is 2.29. The van der Waals surface area contributed by atoms with Crippen molar-refractivity contribution in [2.75, 3.05) is 6.54 Å². The van der Waals surface area contributed by atoms with Gasteiger partial charge >= 0.3 is 0 Å². The van der Waals surface area contributed by atoms with Gasteiger partial charge in [-0.2, -0.15) is 0 Å². The van der Waals surface area contributed by atoms with Crippen molar-refractivity contribution in [3.8, 4) is 0 Å². The van der Waals surface area contributed by atoms with Crippen LogP contribution in [0.5, 0.6) is 0 Å². The normalized spacial score (nSPS) is 11.7. The highest BCUT2D eigenvalue weighted by Gasteiger charge is 2.10. The van der Waals surface area contributed by atoms with E-state index < -0.39 is 17.5 Å². The zero-order valence-electron chi connectivity index (χ0n) is 13.4. The van der Waals surface area contributed by atoms with Crippen LogP contribution in [0.1, 0.15) is 49.9 Å². The molecule has 0 aliphatic heterocycles. The second-order valence-corrected chi connectivity index (χ2v) is 5.93. The van der Waals surface area contributed by atoms with Crippen molar-refractivity contribution < 1.29 is 13.6 Å². The molecule has 0 saturated carbocycles. The molecule has 0 aromatic heterocycles. The van der Waals surface area contributed by atoms with Crippen LogP contribution in [0.25, 0.3) is 0 Å². The molecule has 0 unspecified atom stereocenters. The van der Waals surface area contributed by atoms with Gasteiger partial charge in [0.05, 0.1) is 0 Å². The highest BCUT2D eigenvalue weighted by molar-refractivity contribution is 7.80. The van der Waals surface area contributed by atoms with Gasteiger partial charge in [-0.05, 0) is 42.8 Å². The average Bonchev–Trinajstić information content (AvgIpc) is 2.53. The molecule has 0 aliphatic carbocycles. The van der Waals surface area contributed by atoms with Crippen molar-refractivity contribution in [2.45, 2.75) is 39.5 Å². The number of nitrogens with one attached hydrogen (secondary N) is 3. The Kier molecular flexibility index (Phi) is 8.47. The monoisotopic (exact) mass is 343 g/mol. The standard InChI is InChI=1S/C16H23F2N3OS/c1-3-4-5-6-11(2)10-19-16(23)21-20-15(22)12-7-8-13(17)14(18)9-12/h7-9,11H,3-6,10H2,1-2H3,(H,20,22)(H2,19,21,23)/t11-/m0/s1. The zero-order chi connectivity index (χ0) is 17.2. The third kappa shape index (κ3) is 7.36. The van der Waals surface area contributed by atoms with Crippen LogP contribution in [0, 0.1) is 17.6 Å². The van der Waals surface area contributed by atoms with E-state index in [4.69, 9.17) is 12.2 Å². The van der Waals surface area contributed by atoms with Crippen LogP contribution in [0.15, 0.2) is 18.2 Å². The number of amides is 1. The zero-order valence-corrected chi connectivity index (χ0v) is 14.2. The number of carbonyl (C=O) groups is 1. The summed E-state index contributed by atoms with van der Waals surface area (Å²) in [7, 11) is 0. The highest BCUT2D eigenvalue weighted by Crippen LogP contribution is 2.09. The molecule has 128 valence electrons. The highest BCUT2D eigenvalue weighted by atomic mass is 32.1. The van der Waals surface area contributed by atoms with Crippen molar-refractivity contribution in [1.29, 1.82) is 0 Å². The van der Waals surface area contributed by atoms with Gasteiger partial charge < -0.3 is 5.32 Å². The molecule has 1 rings (SSSR count). The van der Waals surface area contributed by atoms with Crippen molar-refractivity contribution in [2.24, 2.45) is 5.92 Å². The molecule has 0 fully saturated rings. The quantitative estimate of drug-likeness (QED) is 0.404. The van der Waals surface area contributed by atoms with E-state index in [2.05, 4.69) is 30.0 Å². The van der Waals surface area contributed by atoms with Gasteiger partial charge in [0.2, 0.25) is 0 Å². The van der Waals surface area contributed by atoms with Crippen LogP contribution in [-0.4, -0.2) is 17.6 Å². The number of benzene rings is 1. The number of halogens is 2. The Labute approximate surface area is 141 Å². The summed E-state index contributed by atoms with van der Waals surface area (Å²) < 4.78 is 25.9. The first kappa shape index (κ1) is 19.3. The molecule has 0 radical (unpaired) electrons. The smallest absolute Gasteiger partial charge is 0.269 e. The van der Waals surface area contributed by atoms with Crippen LogP contribution >= 0.6 is 12.2 Å².